The predicted molar refractivity (Wildman–Crippen MR) is 105 cm³/mol. The van der Waals surface area contributed by atoms with Crippen LogP contribution in [0, 0.1) is 0 Å². The highest BCUT2D eigenvalue weighted by Crippen LogP contribution is 2.27. The van der Waals surface area contributed by atoms with Gasteiger partial charge in [-0.3, -0.25) is 4.79 Å². The van der Waals surface area contributed by atoms with Crippen molar-refractivity contribution >= 4 is 36.4 Å². The van der Waals surface area contributed by atoms with Gasteiger partial charge in [0.25, 0.3) is 0 Å². The third-order valence-electron chi connectivity index (χ3n) is 4.35. The maximum Gasteiger partial charge on any atom is 0.244 e. The van der Waals surface area contributed by atoms with E-state index in [0.717, 1.165) is 32.1 Å². The Balaban J connectivity index is 0.00000169. The van der Waals surface area contributed by atoms with Crippen LogP contribution in [-0.2, 0) is 11.3 Å². The minimum absolute atomic E-state index is 0. The summed E-state index contributed by atoms with van der Waals surface area (Å²) in [4.78, 5) is 16.4. The first-order valence-electron chi connectivity index (χ1n) is 8.31. The van der Waals surface area contributed by atoms with Gasteiger partial charge in [-0.1, -0.05) is 25.3 Å². The number of anilines is 1. The highest BCUT2D eigenvalue weighted by Gasteiger charge is 2.35. The number of hydrogen-bond donors (Lipinski definition) is 2. The number of amides is 1. The van der Waals surface area contributed by atoms with Gasteiger partial charge in [-0.2, -0.15) is 5.10 Å². The smallest absolute Gasteiger partial charge is 0.244 e. The van der Waals surface area contributed by atoms with E-state index in [1.54, 1.807) is 11.0 Å². The number of halogens is 2. The summed E-state index contributed by atoms with van der Waals surface area (Å²) in [6.07, 6.45) is 7.79. The summed E-state index contributed by atoms with van der Waals surface area (Å²) in [7, 11) is 0. The maximum atomic E-state index is 12.5. The van der Waals surface area contributed by atoms with Crippen LogP contribution in [0.3, 0.4) is 0 Å². The molecule has 0 radical (unpaired) electrons. The second-order valence-corrected chi connectivity index (χ2v) is 6.21. The maximum absolute atomic E-state index is 12.5. The van der Waals surface area contributed by atoms with Crippen molar-refractivity contribution in [1.82, 2.24) is 14.8 Å². The summed E-state index contributed by atoms with van der Waals surface area (Å²) in [5.41, 5.74) is 6.22. The van der Waals surface area contributed by atoms with E-state index in [1.165, 1.54) is 6.33 Å². The first-order chi connectivity index (χ1) is 11.7. The molecule has 26 heavy (non-hydrogen) atoms. The van der Waals surface area contributed by atoms with E-state index < -0.39 is 5.54 Å². The number of nitrogens with two attached hydrogens (primary N) is 1. The molecule has 3 rings (SSSR count). The van der Waals surface area contributed by atoms with E-state index in [4.69, 9.17) is 10.5 Å². The zero-order valence-corrected chi connectivity index (χ0v) is 16.1. The molecule has 2 aromatic rings. The zero-order chi connectivity index (χ0) is 16.8. The Morgan fingerprint density at radius 1 is 1.27 bits per heavy atom. The lowest BCUT2D eigenvalue weighted by Gasteiger charge is -2.31. The number of benzene rings is 1. The van der Waals surface area contributed by atoms with Gasteiger partial charge in [0.05, 0.1) is 12.1 Å². The molecule has 0 aliphatic heterocycles. The van der Waals surface area contributed by atoms with E-state index in [-0.39, 0.29) is 30.7 Å². The monoisotopic (exact) mass is 401 g/mol. The minimum atomic E-state index is -0.748. The van der Waals surface area contributed by atoms with E-state index >= 15 is 0 Å². The molecule has 144 valence electrons. The van der Waals surface area contributed by atoms with Gasteiger partial charge < -0.3 is 15.8 Å². The quantitative estimate of drug-likeness (QED) is 0.775. The summed E-state index contributed by atoms with van der Waals surface area (Å²) in [6.45, 7) is 1.09. The fourth-order valence-corrected chi connectivity index (χ4v) is 2.93. The molecular weight excluding hydrogens is 377 g/mol. The Bertz CT molecular complexity index is 676. The van der Waals surface area contributed by atoms with Crippen molar-refractivity contribution < 1.29 is 9.53 Å². The Hall–Kier alpha value is -1.83. The van der Waals surface area contributed by atoms with Crippen LogP contribution in [0.1, 0.15) is 32.1 Å². The van der Waals surface area contributed by atoms with Crippen molar-refractivity contribution in [3.05, 3.63) is 36.9 Å². The number of nitrogens with zero attached hydrogens (tertiary/aromatic N) is 3. The molecule has 1 aromatic heterocycles. The van der Waals surface area contributed by atoms with Crippen LogP contribution < -0.4 is 15.8 Å². The SMILES string of the molecule is Cl.Cl.NC1(C(=O)Nc2cccc(OCCn3cncn3)c2)CCCCC1. The molecule has 9 heteroatoms. The van der Waals surface area contributed by atoms with Gasteiger partial charge in [0.1, 0.15) is 25.0 Å². The standard InChI is InChI=1S/C17H23N5O2.2ClH/c18-17(7-2-1-3-8-17)16(23)21-14-5-4-6-15(11-14)24-10-9-22-13-19-12-20-22;;/h4-6,11-13H,1-3,7-10,18H2,(H,21,23);2*1H. The summed E-state index contributed by atoms with van der Waals surface area (Å²) < 4.78 is 7.40. The average Bonchev–Trinajstić information content (AvgIpc) is 3.09. The topological polar surface area (TPSA) is 95.1 Å². The lowest BCUT2D eigenvalue weighted by molar-refractivity contribution is -0.122. The van der Waals surface area contributed by atoms with Crippen molar-refractivity contribution in [1.29, 1.82) is 0 Å². The molecule has 1 heterocycles. The van der Waals surface area contributed by atoms with Gasteiger partial charge in [0.15, 0.2) is 0 Å². The molecule has 1 saturated carbocycles. The normalized spacial score (nSPS) is 15.3. The van der Waals surface area contributed by atoms with Crippen LogP contribution in [0.4, 0.5) is 5.69 Å². The first-order valence-corrected chi connectivity index (χ1v) is 8.31. The number of nitrogens with one attached hydrogen (secondary N) is 1. The van der Waals surface area contributed by atoms with E-state index in [1.807, 2.05) is 24.3 Å². The molecule has 0 spiro atoms. The molecule has 0 unspecified atom stereocenters. The molecule has 1 aliphatic rings. The zero-order valence-electron chi connectivity index (χ0n) is 14.5. The largest absolute Gasteiger partial charge is 0.492 e. The summed E-state index contributed by atoms with van der Waals surface area (Å²) in [5.74, 6) is 0.588. The highest BCUT2D eigenvalue weighted by molar-refractivity contribution is 5.98. The lowest BCUT2D eigenvalue weighted by Crippen LogP contribution is -2.52. The number of carbonyl (C=O) groups excluding carboxylic acids is 1. The summed E-state index contributed by atoms with van der Waals surface area (Å²) >= 11 is 0. The van der Waals surface area contributed by atoms with Gasteiger partial charge in [0, 0.05) is 11.8 Å². The Morgan fingerprint density at radius 3 is 2.73 bits per heavy atom. The Morgan fingerprint density at radius 2 is 2.04 bits per heavy atom. The summed E-state index contributed by atoms with van der Waals surface area (Å²) in [6, 6.07) is 7.36. The first kappa shape index (κ1) is 22.2. The molecule has 0 atom stereocenters. The Labute approximate surface area is 165 Å². The molecular formula is C17H25Cl2N5O2. The van der Waals surface area contributed by atoms with Gasteiger partial charge >= 0.3 is 0 Å². The number of rotatable bonds is 6. The lowest BCUT2D eigenvalue weighted by atomic mass is 9.82. The van der Waals surface area contributed by atoms with Gasteiger partial charge in [0.2, 0.25) is 5.91 Å². The number of ether oxygens (including phenoxy) is 1. The fraction of sp³-hybridized carbons (Fsp3) is 0.471. The average molecular weight is 402 g/mol. The third kappa shape index (κ3) is 5.86. The van der Waals surface area contributed by atoms with Crippen molar-refractivity contribution in [2.45, 2.75) is 44.2 Å². The number of hydrogen-bond acceptors (Lipinski definition) is 5. The van der Waals surface area contributed by atoms with Crippen molar-refractivity contribution in [2.24, 2.45) is 5.73 Å². The molecule has 1 amide bonds. The number of aromatic nitrogens is 3. The second-order valence-electron chi connectivity index (χ2n) is 6.21. The second kappa shape index (κ2) is 10.4. The van der Waals surface area contributed by atoms with Crippen molar-refractivity contribution in [2.75, 3.05) is 11.9 Å². The van der Waals surface area contributed by atoms with Crippen LogP contribution in [0.2, 0.25) is 0 Å². The molecule has 0 saturated heterocycles. The molecule has 0 bridgehead atoms. The van der Waals surface area contributed by atoms with Crippen LogP contribution in [0.5, 0.6) is 5.75 Å². The van der Waals surface area contributed by atoms with E-state index in [0.29, 0.717) is 24.6 Å². The van der Waals surface area contributed by atoms with Crippen LogP contribution >= 0.6 is 24.8 Å². The van der Waals surface area contributed by atoms with Gasteiger partial charge in [-0.25, -0.2) is 9.67 Å². The molecule has 1 aromatic carbocycles. The van der Waals surface area contributed by atoms with Crippen molar-refractivity contribution in [3.63, 3.8) is 0 Å². The molecule has 3 N–H and O–H groups in total. The summed E-state index contributed by atoms with van der Waals surface area (Å²) in [5, 5.41) is 6.94. The van der Waals surface area contributed by atoms with E-state index in [9.17, 15) is 4.79 Å². The molecule has 7 nitrogen and oxygen atoms in total. The van der Waals surface area contributed by atoms with Crippen LogP contribution in [-0.4, -0.2) is 32.8 Å². The van der Waals surface area contributed by atoms with E-state index in [2.05, 4.69) is 15.4 Å². The predicted octanol–water partition coefficient (Wildman–Crippen LogP) is 2.80. The number of carbonyl (C=O) groups is 1. The Kier molecular flexibility index (Phi) is 8.84. The highest BCUT2D eigenvalue weighted by atomic mass is 35.5. The van der Waals surface area contributed by atoms with Gasteiger partial charge in [-0.15, -0.1) is 24.8 Å². The molecule has 1 aliphatic carbocycles. The molecule has 1 fully saturated rings. The fourth-order valence-electron chi connectivity index (χ4n) is 2.93. The third-order valence-corrected chi connectivity index (χ3v) is 4.35. The van der Waals surface area contributed by atoms with Gasteiger partial charge in [-0.05, 0) is 25.0 Å². The van der Waals surface area contributed by atoms with Crippen LogP contribution in [0.25, 0.3) is 0 Å². The minimum Gasteiger partial charge on any atom is -0.492 e. The van der Waals surface area contributed by atoms with Crippen molar-refractivity contribution in [3.8, 4) is 5.75 Å². The van der Waals surface area contributed by atoms with Crippen LogP contribution in [0.15, 0.2) is 36.9 Å².